The van der Waals surface area contributed by atoms with Crippen molar-refractivity contribution in [2.45, 2.75) is 155 Å². The fourth-order valence-corrected chi connectivity index (χ4v) is 8.77. The van der Waals surface area contributed by atoms with Gasteiger partial charge >= 0.3 is 18.0 Å². The molecule has 2 amide bonds. The van der Waals surface area contributed by atoms with Crippen LogP contribution in [0.3, 0.4) is 0 Å². The molecule has 1 fully saturated rings. The molecular formula is C50H74N4O14. The molecule has 0 radical (unpaired) electrons. The van der Waals surface area contributed by atoms with Gasteiger partial charge in [0.25, 0.3) is 0 Å². The van der Waals surface area contributed by atoms with Gasteiger partial charge in [0.1, 0.15) is 36.7 Å². The monoisotopic (exact) mass is 955 g/mol. The molecule has 6 N–H and O–H groups in total. The summed E-state index contributed by atoms with van der Waals surface area (Å²) in [4.78, 5) is 83.7. The standard InChI is InChI=1S/C50H74N4O14/c1-11-40-34(27-64-41(58)18-20-51-47(62)37(53-49(63)68-50(6,7)8)24-33-26-52-36-15-13-12-14-35(33)36)22-28(2)16-17-38(56)29(3)23-32(19-21-55)46(30(4)39(57)25-42(59)66-40)67-48-45(61)43(54(9)10)44(60)31(5)65-48/h12-17,21-22,26,29-32,34,37,39-40,43-46,48,52,57,60-61H,11,18-20,23-25,27H2,1-10H3,(H,51,62)(H,53,63)/b17-16+,28-22+/t29-,30+,31-,32+,34-,37+,39-,40-,43+,44-,45-,46-,48+/m1/s1. The topological polar surface area (TPSA) is 252 Å². The van der Waals surface area contributed by atoms with Crippen molar-refractivity contribution in [1.29, 1.82) is 0 Å². The predicted octanol–water partition coefficient (Wildman–Crippen LogP) is 4.08. The number of allylic oxidation sites excluding steroid dienone is 3. The lowest BCUT2D eigenvalue weighted by atomic mass is 9.79. The van der Waals surface area contributed by atoms with Crippen LogP contribution in [0.1, 0.15) is 93.1 Å². The van der Waals surface area contributed by atoms with E-state index in [1.165, 1.54) is 6.08 Å². The van der Waals surface area contributed by atoms with Gasteiger partial charge < -0.3 is 64.3 Å². The molecular weight excluding hydrogens is 881 g/mol. The highest BCUT2D eigenvalue weighted by molar-refractivity contribution is 5.92. The number of para-hydroxylation sites is 1. The Morgan fingerprint density at radius 2 is 1.75 bits per heavy atom. The number of nitrogens with one attached hydrogen (secondary N) is 3. The van der Waals surface area contributed by atoms with Gasteiger partial charge in [0.2, 0.25) is 5.91 Å². The third-order valence-corrected chi connectivity index (χ3v) is 12.5. The maximum absolute atomic E-state index is 13.6. The number of H-pyrrole nitrogens is 1. The van der Waals surface area contributed by atoms with Crippen LogP contribution in [0.25, 0.3) is 10.9 Å². The molecule has 0 saturated carbocycles. The second-order valence-corrected chi connectivity index (χ2v) is 19.4. The number of rotatable bonds is 15. The lowest BCUT2D eigenvalue weighted by molar-refractivity contribution is -0.304. The van der Waals surface area contributed by atoms with Crippen LogP contribution in [0.4, 0.5) is 4.79 Å². The number of aliphatic hydroxyl groups excluding tert-OH is 3. The maximum Gasteiger partial charge on any atom is 0.408 e. The van der Waals surface area contributed by atoms with Crippen molar-refractivity contribution in [3.63, 3.8) is 0 Å². The molecule has 18 heteroatoms. The molecule has 378 valence electrons. The van der Waals surface area contributed by atoms with Crippen LogP contribution in [-0.4, -0.2) is 149 Å². The minimum atomic E-state index is -1.38. The minimum Gasteiger partial charge on any atom is -0.465 e. The zero-order valence-electron chi connectivity index (χ0n) is 41.1. The molecule has 0 spiro atoms. The van der Waals surface area contributed by atoms with Crippen molar-refractivity contribution >= 4 is 46.9 Å². The molecule has 0 aliphatic carbocycles. The van der Waals surface area contributed by atoms with Gasteiger partial charge in [-0.25, -0.2) is 4.79 Å². The van der Waals surface area contributed by atoms with Crippen molar-refractivity contribution in [2.24, 2.45) is 23.7 Å². The smallest absolute Gasteiger partial charge is 0.408 e. The number of fused-ring (bicyclic) bond motifs is 1. The minimum absolute atomic E-state index is 0.0626. The summed E-state index contributed by atoms with van der Waals surface area (Å²) >= 11 is 0. The van der Waals surface area contributed by atoms with E-state index in [1.54, 1.807) is 92.7 Å². The summed E-state index contributed by atoms with van der Waals surface area (Å²) in [5.74, 6) is -5.03. The highest BCUT2D eigenvalue weighted by atomic mass is 16.7. The molecule has 2 aromatic rings. The van der Waals surface area contributed by atoms with E-state index in [0.717, 1.165) is 16.5 Å². The Morgan fingerprint density at radius 3 is 2.41 bits per heavy atom. The number of esters is 2. The summed E-state index contributed by atoms with van der Waals surface area (Å²) in [5.41, 5.74) is 1.45. The van der Waals surface area contributed by atoms with Gasteiger partial charge in [-0.05, 0) is 85.2 Å². The zero-order chi connectivity index (χ0) is 50.5. The number of ether oxygens (including phenoxy) is 5. The Morgan fingerprint density at radius 1 is 1.04 bits per heavy atom. The number of alkyl carbamates (subject to hydrolysis) is 1. The largest absolute Gasteiger partial charge is 0.465 e. The number of likely N-dealkylation sites (N-methyl/N-ethyl adjacent to an activating group) is 1. The highest BCUT2D eigenvalue weighted by Gasteiger charge is 2.47. The number of amides is 2. The molecule has 1 aromatic heterocycles. The van der Waals surface area contributed by atoms with Gasteiger partial charge in [0.05, 0.1) is 43.3 Å². The van der Waals surface area contributed by atoms with Crippen molar-refractivity contribution in [2.75, 3.05) is 27.2 Å². The van der Waals surface area contributed by atoms with Crippen LogP contribution in [0.2, 0.25) is 0 Å². The van der Waals surface area contributed by atoms with Crippen LogP contribution < -0.4 is 10.6 Å². The number of hydrogen-bond acceptors (Lipinski definition) is 15. The molecule has 68 heavy (non-hydrogen) atoms. The van der Waals surface area contributed by atoms with Crippen molar-refractivity contribution in [1.82, 2.24) is 20.5 Å². The highest BCUT2D eigenvalue weighted by Crippen LogP contribution is 2.34. The van der Waals surface area contributed by atoms with Crippen molar-refractivity contribution in [3.8, 4) is 0 Å². The van der Waals surface area contributed by atoms with E-state index in [0.29, 0.717) is 11.9 Å². The maximum atomic E-state index is 13.6. The quantitative estimate of drug-likeness (QED) is 0.0836. The fourth-order valence-electron chi connectivity index (χ4n) is 8.77. The van der Waals surface area contributed by atoms with E-state index in [1.807, 2.05) is 24.3 Å². The van der Waals surface area contributed by atoms with Gasteiger partial charge in [0, 0.05) is 54.2 Å². The van der Waals surface area contributed by atoms with E-state index < -0.39 is 115 Å². The van der Waals surface area contributed by atoms with Crippen LogP contribution >= 0.6 is 0 Å². The van der Waals surface area contributed by atoms with E-state index >= 15 is 0 Å². The normalized spacial score (nSPS) is 30.6. The van der Waals surface area contributed by atoms with E-state index in [2.05, 4.69) is 15.6 Å². The van der Waals surface area contributed by atoms with Crippen LogP contribution in [0, 0.1) is 23.7 Å². The van der Waals surface area contributed by atoms with Gasteiger partial charge in [-0.3, -0.25) is 19.2 Å². The first-order valence-corrected chi connectivity index (χ1v) is 23.6. The number of hydrogen-bond donors (Lipinski definition) is 6. The van der Waals surface area contributed by atoms with Crippen molar-refractivity contribution in [3.05, 3.63) is 59.8 Å². The first-order chi connectivity index (χ1) is 32.0. The number of benzene rings is 1. The van der Waals surface area contributed by atoms with E-state index in [-0.39, 0.29) is 51.0 Å². The van der Waals surface area contributed by atoms with Gasteiger partial charge in [-0.2, -0.15) is 0 Å². The zero-order valence-corrected chi connectivity index (χ0v) is 41.1. The molecule has 4 rings (SSSR count). The van der Waals surface area contributed by atoms with Crippen LogP contribution in [-0.2, 0) is 54.1 Å². The second kappa shape index (κ2) is 25.6. The van der Waals surface area contributed by atoms with Gasteiger partial charge in [-0.15, -0.1) is 0 Å². The Bertz CT molecular complexity index is 2080. The number of aliphatic hydroxyl groups is 3. The number of carbonyl (C=O) groups excluding carboxylic acids is 6. The van der Waals surface area contributed by atoms with Gasteiger partial charge in [0.15, 0.2) is 12.1 Å². The number of nitrogens with zero attached hydrogens (tertiary/aromatic N) is 1. The summed E-state index contributed by atoms with van der Waals surface area (Å²) < 4.78 is 29.4. The summed E-state index contributed by atoms with van der Waals surface area (Å²) in [6.07, 6.45) is -1.42. The average Bonchev–Trinajstić information content (AvgIpc) is 3.67. The third-order valence-electron chi connectivity index (χ3n) is 12.5. The number of carbonyl (C=O) groups is 6. The third kappa shape index (κ3) is 16.1. The molecule has 2 aliphatic heterocycles. The second-order valence-electron chi connectivity index (χ2n) is 19.4. The number of ketones is 1. The lowest BCUT2D eigenvalue weighted by Crippen LogP contribution is -2.63. The number of aldehydes is 1. The molecule has 0 unspecified atom stereocenters. The Kier molecular flexibility index (Phi) is 20.9. The fraction of sp³-hybridized carbons (Fsp3) is 0.640. The van der Waals surface area contributed by atoms with Gasteiger partial charge in [-0.1, -0.05) is 56.7 Å². The number of cyclic esters (lactones) is 1. The molecule has 13 atom stereocenters. The average molecular weight is 955 g/mol. The number of aromatic amines is 1. The Balaban J connectivity index is 1.49. The summed E-state index contributed by atoms with van der Waals surface area (Å²) in [7, 11) is 3.40. The SMILES string of the molecule is CC[C@H]1OC(=O)C[C@@H](O)[C@H](C)[C@@H](O[C@@H]2O[C@H](C)[C@@H](O)[C@H](N(C)C)[C@H]2O)[C@@H](CC=O)C[C@@H](C)C(=O)/C=C/C(C)=C/[C@@H]1COC(=O)CCNC(=O)[C@H](Cc1c[nH]c2ccccc12)NC(=O)OC(C)(C)C. The van der Waals surface area contributed by atoms with Crippen LogP contribution in [0.5, 0.6) is 0 Å². The van der Waals surface area contributed by atoms with E-state index in [9.17, 15) is 44.1 Å². The first kappa shape index (κ1) is 55.6. The summed E-state index contributed by atoms with van der Waals surface area (Å²) in [5, 5.41) is 40.0. The molecule has 1 aromatic carbocycles. The molecule has 0 bridgehead atoms. The van der Waals surface area contributed by atoms with Crippen LogP contribution in [0.15, 0.2) is 54.3 Å². The predicted molar refractivity (Wildman–Crippen MR) is 252 cm³/mol. The molecule has 3 heterocycles. The molecule has 1 saturated heterocycles. The summed E-state index contributed by atoms with van der Waals surface area (Å²) in [6, 6.07) is 5.74. The first-order valence-electron chi connectivity index (χ1n) is 23.6. The molecule has 2 aliphatic rings. The Hall–Kier alpha value is -4.98. The summed E-state index contributed by atoms with van der Waals surface area (Å²) in [6.45, 7) is 13.3. The molecule has 18 nitrogen and oxygen atoms in total. The number of aromatic nitrogens is 1. The lowest BCUT2D eigenvalue weighted by Gasteiger charge is -2.46. The Labute approximate surface area is 399 Å². The van der Waals surface area contributed by atoms with E-state index in [4.69, 9.17) is 23.7 Å². The van der Waals surface area contributed by atoms with Crippen molar-refractivity contribution < 1.29 is 67.8 Å².